The Kier molecular flexibility index (Phi) is 14.7. The van der Waals surface area contributed by atoms with E-state index in [9.17, 15) is 39.3 Å². The van der Waals surface area contributed by atoms with Gasteiger partial charge in [-0.25, -0.2) is 9.78 Å². The second-order valence-corrected chi connectivity index (χ2v) is 19.8. The normalized spacial score (nSPS) is 17.4. The minimum atomic E-state index is -1.92. The maximum Gasteiger partial charge on any atom is 0.355 e. The number of nitrogens with one attached hydrogen (secondary N) is 1. The van der Waals surface area contributed by atoms with Gasteiger partial charge in [-0.15, -0.1) is 10.2 Å². The third-order valence-electron chi connectivity index (χ3n) is 14.1. The third-order valence-corrected chi connectivity index (χ3v) is 14.1. The van der Waals surface area contributed by atoms with Crippen LogP contribution in [0.5, 0.6) is 28.7 Å². The number of likely N-dealkylation sites (tertiary alicyclic amines) is 1. The number of amides is 2. The summed E-state index contributed by atoms with van der Waals surface area (Å²) in [6.45, 7) is 8.81. The number of fused-ring (bicyclic) bond motifs is 2. The zero-order valence-electron chi connectivity index (χ0n) is 43.4. The van der Waals surface area contributed by atoms with Crippen molar-refractivity contribution in [3.05, 3.63) is 130 Å². The summed E-state index contributed by atoms with van der Waals surface area (Å²) in [7, 11) is 5.72. The molecule has 0 saturated carbocycles. The van der Waals surface area contributed by atoms with Crippen molar-refractivity contribution < 1.29 is 53.5 Å². The highest BCUT2D eigenvalue weighted by Gasteiger charge is 2.51. The summed E-state index contributed by atoms with van der Waals surface area (Å²) < 4.78 is 19.4. The van der Waals surface area contributed by atoms with Crippen molar-refractivity contribution in [3.63, 3.8) is 0 Å². The predicted octanol–water partition coefficient (Wildman–Crippen LogP) is 7.41. The van der Waals surface area contributed by atoms with Crippen LogP contribution in [0.3, 0.4) is 0 Å². The molecule has 6 aromatic rings. The van der Waals surface area contributed by atoms with E-state index in [1.807, 2.05) is 50.9 Å². The summed E-state index contributed by atoms with van der Waals surface area (Å²) in [6, 6.07) is 21.7. The number of nitrogens with zero attached hydrogens (tertiary/aromatic N) is 7. The molecule has 9 rings (SSSR count). The van der Waals surface area contributed by atoms with E-state index < -0.39 is 29.4 Å². The molecule has 0 aliphatic carbocycles. The maximum atomic E-state index is 14.1. The molecule has 0 spiro atoms. The van der Waals surface area contributed by atoms with E-state index in [-0.39, 0.29) is 96.4 Å². The molecule has 4 N–H and O–H groups in total. The maximum absolute atomic E-state index is 14.1. The first kappa shape index (κ1) is 52.3. The quantitative estimate of drug-likeness (QED) is 0.0578. The molecule has 19 nitrogen and oxygen atoms in total. The van der Waals surface area contributed by atoms with Crippen LogP contribution in [-0.4, -0.2) is 133 Å². The number of carbonyl (C=O) groups excluding carboxylic acids is 5. The summed E-state index contributed by atoms with van der Waals surface area (Å²) in [5, 5.41) is 44.1. The largest absolute Gasteiger partial charge is 0.508 e. The van der Waals surface area contributed by atoms with E-state index in [0.717, 1.165) is 16.5 Å². The smallest absolute Gasteiger partial charge is 0.355 e. The van der Waals surface area contributed by atoms with E-state index in [1.54, 1.807) is 91.6 Å². The third kappa shape index (κ3) is 9.92. The molecule has 76 heavy (non-hydrogen) atoms. The minimum Gasteiger partial charge on any atom is -0.508 e. The summed E-state index contributed by atoms with van der Waals surface area (Å²) in [6.07, 6.45) is 2.86. The van der Waals surface area contributed by atoms with Gasteiger partial charge in [0, 0.05) is 79.2 Å². The fourth-order valence-corrected chi connectivity index (χ4v) is 10.1. The van der Waals surface area contributed by atoms with Crippen molar-refractivity contribution in [2.45, 2.75) is 71.6 Å². The Morgan fingerprint density at radius 2 is 1.62 bits per heavy atom. The van der Waals surface area contributed by atoms with Crippen molar-refractivity contribution in [1.82, 2.24) is 39.8 Å². The highest BCUT2D eigenvalue weighted by Crippen LogP contribution is 2.42. The number of benzene rings is 4. The van der Waals surface area contributed by atoms with Crippen LogP contribution in [0.1, 0.15) is 96.2 Å². The molecule has 19 heteroatoms. The Bertz CT molecular complexity index is 3340. The fraction of sp³-hybridized carbons (Fsp3) is 0.333. The number of phenols is 3. The van der Waals surface area contributed by atoms with Gasteiger partial charge in [0.2, 0.25) is 11.4 Å². The zero-order chi connectivity index (χ0) is 54.2. The molecule has 1 fully saturated rings. The molecule has 3 aliphatic rings. The first-order valence-corrected chi connectivity index (χ1v) is 25.2. The second kappa shape index (κ2) is 21.3. The number of pyridine rings is 1. The van der Waals surface area contributed by atoms with Crippen LogP contribution in [0, 0.1) is 5.92 Å². The average Bonchev–Trinajstić information content (AvgIpc) is 4.01. The lowest BCUT2D eigenvalue weighted by Gasteiger charge is -2.38. The molecule has 1 saturated heterocycles. The van der Waals surface area contributed by atoms with Gasteiger partial charge in [0.15, 0.2) is 5.82 Å². The molecule has 0 bridgehead atoms. The van der Waals surface area contributed by atoms with Crippen molar-refractivity contribution in [2.24, 2.45) is 5.92 Å². The lowest BCUT2D eigenvalue weighted by atomic mass is 9.84. The summed E-state index contributed by atoms with van der Waals surface area (Å²) >= 11 is 0. The lowest BCUT2D eigenvalue weighted by Crippen LogP contribution is -2.51. The van der Waals surface area contributed by atoms with Crippen LogP contribution in [-0.2, 0) is 36.9 Å². The molecule has 5 heterocycles. The van der Waals surface area contributed by atoms with E-state index in [0.29, 0.717) is 71.1 Å². The van der Waals surface area contributed by atoms with Crippen molar-refractivity contribution >= 4 is 46.6 Å². The molecule has 4 aromatic carbocycles. The molecule has 394 valence electrons. The minimum absolute atomic E-state index is 0.00976. The first-order valence-electron chi connectivity index (χ1n) is 25.2. The Morgan fingerprint density at radius 3 is 2.26 bits per heavy atom. The molecule has 2 amide bonds. The summed E-state index contributed by atoms with van der Waals surface area (Å²) in [5.74, 6) is -1.90. The molecule has 1 atom stereocenters. The number of ether oxygens (including phenoxy) is 3. The Morgan fingerprint density at radius 1 is 0.921 bits per heavy atom. The van der Waals surface area contributed by atoms with Crippen LogP contribution in [0.25, 0.3) is 33.7 Å². The van der Waals surface area contributed by atoms with E-state index >= 15 is 0 Å². The summed E-state index contributed by atoms with van der Waals surface area (Å²) in [5.41, 5.74) is 3.81. The van der Waals surface area contributed by atoms with Crippen molar-refractivity contribution in [2.75, 3.05) is 47.4 Å². The van der Waals surface area contributed by atoms with Gasteiger partial charge in [0.05, 0.1) is 28.4 Å². The highest BCUT2D eigenvalue weighted by atomic mass is 16.6. The number of aromatic nitrogens is 4. The molecule has 1 unspecified atom stereocenters. The lowest BCUT2D eigenvalue weighted by molar-refractivity contribution is -0.183. The van der Waals surface area contributed by atoms with Crippen LogP contribution < -0.4 is 10.1 Å². The molecule has 0 radical (unpaired) electrons. The van der Waals surface area contributed by atoms with Gasteiger partial charge in [-0.3, -0.25) is 23.7 Å². The van der Waals surface area contributed by atoms with Crippen LogP contribution >= 0.6 is 0 Å². The predicted molar refractivity (Wildman–Crippen MR) is 281 cm³/mol. The number of carbonyl (C=O) groups is 5. The van der Waals surface area contributed by atoms with E-state index in [2.05, 4.69) is 15.5 Å². The van der Waals surface area contributed by atoms with Gasteiger partial charge in [-0.05, 0) is 136 Å². The first-order chi connectivity index (χ1) is 36.4. The number of piperidine rings is 1. The van der Waals surface area contributed by atoms with Crippen LogP contribution in [0.15, 0.2) is 96.1 Å². The van der Waals surface area contributed by atoms with E-state index in [1.165, 1.54) is 10.6 Å². The van der Waals surface area contributed by atoms with Gasteiger partial charge >= 0.3 is 11.9 Å². The van der Waals surface area contributed by atoms with Crippen molar-refractivity contribution in [3.8, 4) is 45.8 Å². The number of cyclic esters (lactones) is 1. The van der Waals surface area contributed by atoms with Gasteiger partial charge < -0.3 is 49.5 Å². The Hall–Kier alpha value is -8.58. The highest BCUT2D eigenvalue weighted by molar-refractivity contribution is 5.97. The number of aldehydes is 1. The van der Waals surface area contributed by atoms with Gasteiger partial charge in [0.25, 0.3) is 11.8 Å². The number of phenolic OH excluding ortho intramolecular Hbond substituents is 3. The number of aromatic hydroxyl groups is 3. The molecule has 2 aromatic heterocycles. The average molecular weight is 1030 g/mol. The van der Waals surface area contributed by atoms with Crippen LogP contribution in [0.2, 0.25) is 0 Å². The SMILES string of the molecule is CCNC(=O)c1nnc(-c2cc(C(C)C)c(O)cc2O)n1-c1ccc(Oc2ccc(C(=O)N3CCC(C(=O)OC4(CC)C(=O)OCC(C=O)=C4/C=C4/c5nc6ccc(O)c(CN(C)C)c6cc5CN4C)CC3)cc2)cc1. The fourth-order valence-electron chi connectivity index (χ4n) is 10.1. The van der Waals surface area contributed by atoms with E-state index in [4.69, 9.17) is 19.2 Å². The molecular weight excluding hydrogens is 973 g/mol. The Balaban J connectivity index is 0.867. The topological polar surface area (TPSA) is 239 Å². The monoisotopic (exact) mass is 1030 g/mol. The number of hydrogen-bond acceptors (Lipinski definition) is 16. The van der Waals surface area contributed by atoms with Gasteiger partial charge in [-0.1, -0.05) is 20.8 Å². The number of hydrogen-bond donors (Lipinski definition) is 4. The van der Waals surface area contributed by atoms with Gasteiger partial charge in [0.1, 0.15) is 41.6 Å². The van der Waals surface area contributed by atoms with Crippen LogP contribution in [0.4, 0.5) is 0 Å². The van der Waals surface area contributed by atoms with Crippen molar-refractivity contribution in [1.29, 1.82) is 0 Å². The summed E-state index contributed by atoms with van der Waals surface area (Å²) in [4.78, 5) is 78.2. The number of esters is 2. The standard InChI is InChI=1S/C57H60N8O11/c1-8-57(44(36(30-66)31-74-56(57)73)26-46-50-35(28-63(46)7)24-41-43(29-62(5)6)47(67)19-18-45(41)59-50)76-55(72)34-20-22-64(23-21-34)54(71)33-10-14-38(15-11-33)75-39-16-12-37(13-17-39)65-51(60-61-52(65)53(70)58-9-2)42-25-40(32(3)4)48(68)27-49(42)69/h10-19,24-27,30,32,34,67-69H,8-9,20-23,28-29,31H2,1-7H3,(H,58,70)/b46-26-. The zero-order valence-corrected chi connectivity index (χ0v) is 43.4. The second-order valence-electron chi connectivity index (χ2n) is 19.8. The number of rotatable bonds is 15. The molecular formula is C57H60N8O11. The van der Waals surface area contributed by atoms with Gasteiger partial charge in [-0.2, -0.15) is 0 Å². The Labute approximate surface area is 439 Å². The molecule has 3 aliphatic heterocycles.